The van der Waals surface area contributed by atoms with Crippen LogP contribution >= 0.6 is 22.7 Å². The van der Waals surface area contributed by atoms with Gasteiger partial charge in [-0.15, -0.1) is 22.7 Å². The second-order valence-electron chi connectivity index (χ2n) is 18.4. The van der Waals surface area contributed by atoms with Crippen molar-refractivity contribution < 1.29 is 0 Å². The summed E-state index contributed by atoms with van der Waals surface area (Å²) in [7, 11) is 0. The van der Waals surface area contributed by atoms with Gasteiger partial charge in [0, 0.05) is 26.0 Å². The minimum absolute atomic E-state index is 0.146. The first kappa shape index (κ1) is 34.6. The average molecular weight is 784 g/mol. The minimum Gasteiger partial charge on any atom is -0.301 e. The number of benzene rings is 6. The summed E-state index contributed by atoms with van der Waals surface area (Å²) in [6, 6.07) is 60.9. The monoisotopic (exact) mass is 783 g/mol. The Morgan fingerprint density at radius 3 is 1.12 bits per heavy atom. The van der Waals surface area contributed by atoms with Crippen molar-refractivity contribution in [1.29, 1.82) is 0 Å². The molecule has 0 atom stereocenters. The fourth-order valence-electron chi connectivity index (χ4n) is 12.2. The molecule has 0 unspecified atom stereocenters. The molecule has 3 aliphatic carbocycles. The summed E-state index contributed by atoms with van der Waals surface area (Å²) in [5.41, 5.74) is 17.8. The van der Waals surface area contributed by atoms with Gasteiger partial charge in [0.1, 0.15) is 5.00 Å². The Hall–Kier alpha value is -5.48. The van der Waals surface area contributed by atoms with Crippen molar-refractivity contribution >= 4 is 39.0 Å². The zero-order valence-electron chi connectivity index (χ0n) is 33.9. The summed E-state index contributed by atoms with van der Waals surface area (Å²) < 4.78 is 0. The molecular formula is C55H45NS2. The van der Waals surface area contributed by atoms with Crippen LogP contribution in [0.5, 0.6) is 0 Å². The van der Waals surface area contributed by atoms with Gasteiger partial charge in [-0.05, 0) is 96.4 Å². The zero-order chi connectivity index (χ0) is 39.4. The van der Waals surface area contributed by atoms with Gasteiger partial charge < -0.3 is 4.90 Å². The van der Waals surface area contributed by atoms with Gasteiger partial charge in [-0.3, -0.25) is 0 Å². The predicted molar refractivity (Wildman–Crippen MR) is 243 cm³/mol. The minimum atomic E-state index is -0.521. The largest absolute Gasteiger partial charge is 0.301 e. The number of anilines is 3. The van der Waals surface area contributed by atoms with Crippen LogP contribution in [0.15, 0.2) is 163 Å². The van der Waals surface area contributed by atoms with E-state index in [1.165, 1.54) is 92.9 Å². The lowest BCUT2D eigenvalue weighted by molar-refractivity contribution is 0.522. The second kappa shape index (κ2) is 11.4. The van der Waals surface area contributed by atoms with E-state index in [-0.39, 0.29) is 16.2 Å². The Labute approximate surface area is 350 Å². The first-order valence-corrected chi connectivity index (χ1v) is 22.4. The Morgan fingerprint density at radius 2 is 0.690 bits per heavy atom. The van der Waals surface area contributed by atoms with E-state index in [0.29, 0.717) is 0 Å². The van der Waals surface area contributed by atoms with Gasteiger partial charge in [0.05, 0.1) is 22.2 Å². The Kier molecular flexibility index (Phi) is 6.78. The first-order valence-electron chi connectivity index (χ1n) is 20.7. The molecule has 282 valence electrons. The van der Waals surface area contributed by atoms with Crippen LogP contribution in [0.25, 0.3) is 0 Å². The van der Waals surface area contributed by atoms with Crippen LogP contribution in [0.4, 0.5) is 16.4 Å². The highest BCUT2D eigenvalue weighted by molar-refractivity contribution is 7.17. The highest BCUT2D eigenvalue weighted by Crippen LogP contribution is 2.70. The summed E-state index contributed by atoms with van der Waals surface area (Å²) in [5.74, 6) is 0. The summed E-state index contributed by atoms with van der Waals surface area (Å²) in [6.45, 7) is 14.5. The maximum atomic E-state index is 2.63. The van der Waals surface area contributed by atoms with E-state index in [2.05, 4.69) is 210 Å². The van der Waals surface area contributed by atoms with Crippen LogP contribution < -0.4 is 4.90 Å². The lowest BCUT2D eigenvalue weighted by atomic mass is 9.48. The standard InChI is InChI=1S/C55H45NS2/c1-51(2)34-19-7-11-23-38(34)54(39-24-12-8-20-35(39)51)44-31-32-57-49(44)55(40-25-13-9-21-36(40)52(3,4)37-22-10-14-26-41(37)55)45-33-48(58-50(45)54)56-46-29-17-15-27-42(46)53(5,6)43-28-16-18-30-47(43)56/h7-33H,1-6H3. The number of para-hydroxylation sites is 2. The summed E-state index contributed by atoms with van der Waals surface area (Å²) in [5, 5.41) is 3.65. The lowest BCUT2D eigenvalue weighted by Gasteiger charge is -2.55. The highest BCUT2D eigenvalue weighted by atomic mass is 32.1. The van der Waals surface area contributed by atoms with Gasteiger partial charge in [0.2, 0.25) is 0 Å². The topological polar surface area (TPSA) is 3.24 Å². The molecule has 4 aliphatic rings. The van der Waals surface area contributed by atoms with Gasteiger partial charge in [-0.25, -0.2) is 0 Å². The van der Waals surface area contributed by atoms with Crippen molar-refractivity contribution in [1.82, 2.24) is 0 Å². The van der Waals surface area contributed by atoms with Crippen LogP contribution in [-0.4, -0.2) is 0 Å². The Bertz CT molecular complexity index is 2730. The normalized spacial score (nSPS) is 18.5. The average Bonchev–Trinajstić information content (AvgIpc) is 3.93. The predicted octanol–water partition coefficient (Wildman–Crippen LogP) is 14.3. The molecule has 0 saturated carbocycles. The maximum absolute atomic E-state index is 2.63. The quantitative estimate of drug-likeness (QED) is 0.160. The molecule has 0 saturated heterocycles. The van der Waals surface area contributed by atoms with E-state index in [4.69, 9.17) is 0 Å². The van der Waals surface area contributed by atoms with E-state index in [1.54, 1.807) is 0 Å². The number of rotatable bonds is 1. The van der Waals surface area contributed by atoms with Gasteiger partial charge in [-0.1, -0.05) is 175 Å². The molecule has 1 aliphatic heterocycles. The molecule has 0 bridgehead atoms. The molecule has 0 radical (unpaired) electrons. The van der Waals surface area contributed by atoms with Crippen molar-refractivity contribution in [3.05, 3.63) is 240 Å². The highest BCUT2D eigenvalue weighted by Gasteiger charge is 2.62. The fourth-order valence-corrected chi connectivity index (χ4v) is 14.8. The fraction of sp³-hybridized carbons (Fsp3) is 0.200. The molecule has 0 fully saturated rings. The third-order valence-corrected chi connectivity index (χ3v) is 17.0. The molecule has 8 aromatic rings. The first-order chi connectivity index (χ1) is 28.1. The molecule has 0 N–H and O–H groups in total. The van der Waals surface area contributed by atoms with Crippen molar-refractivity contribution in [2.45, 2.75) is 68.6 Å². The number of thiophene rings is 2. The van der Waals surface area contributed by atoms with E-state index < -0.39 is 10.8 Å². The second-order valence-corrected chi connectivity index (χ2v) is 20.4. The lowest BCUT2D eigenvalue weighted by Crippen LogP contribution is -2.50. The van der Waals surface area contributed by atoms with Crippen molar-refractivity contribution in [3.63, 3.8) is 0 Å². The van der Waals surface area contributed by atoms with Crippen molar-refractivity contribution in [2.75, 3.05) is 4.90 Å². The number of fused-ring (bicyclic) bond motifs is 16. The van der Waals surface area contributed by atoms with Gasteiger partial charge in [0.25, 0.3) is 0 Å². The SMILES string of the molecule is CC1(C)c2ccccc2N(c2cc3c(s2)C2(c4ccccc4C(C)(C)c4ccccc42)c2ccsc2C32c3ccccc3C(C)(C)c3ccccc32)c2ccccc21. The molecular weight excluding hydrogens is 739 g/mol. The third kappa shape index (κ3) is 3.89. The van der Waals surface area contributed by atoms with Crippen LogP contribution in [0.1, 0.15) is 118 Å². The third-order valence-electron chi connectivity index (χ3n) is 14.7. The number of hydrogen-bond acceptors (Lipinski definition) is 3. The summed E-state index contributed by atoms with van der Waals surface area (Å²) in [6.07, 6.45) is 0. The van der Waals surface area contributed by atoms with Crippen LogP contribution in [0.3, 0.4) is 0 Å². The zero-order valence-corrected chi connectivity index (χ0v) is 35.5. The number of hydrogen-bond donors (Lipinski definition) is 0. The van der Waals surface area contributed by atoms with E-state index in [1.807, 2.05) is 22.7 Å². The van der Waals surface area contributed by atoms with Crippen LogP contribution in [0, 0.1) is 0 Å². The smallest absolute Gasteiger partial charge is 0.101 e. The Morgan fingerprint density at radius 1 is 0.345 bits per heavy atom. The van der Waals surface area contributed by atoms with Crippen molar-refractivity contribution in [2.24, 2.45) is 0 Å². The molecule has 1 nitrogen and oxygen atoms in total. The van der Waals surface area contributed by atoms with Gasteiger partial charge >= 0.3 is 0 Å². The van der Waals surface area contributed by atoms with E-state index in [9.17, 15) is 0 Å². The van der Waals surface area contributed by atoms with Crippen LogP contribution in [-0.2, 0) is 27.1 Å². The maximum Gasteiger partial charge on any atom is 0.101 e. The van der Waals surface area contributed by atoms with Crippen LogP contribution in [0.2, 0.25) is 0 Å². The van der Waals surface area contributed by atoms with E-state index in [0.717, 1.165) is 0 Å². The Balaban J connectivity index is 1.29. The molecule has 3 heterocycles. The summed E-state index contributed by atoms with van der Waals surface area (Å²) in [4.78, 5) is 5.46. The summed E-state index contributed by atoms with van der Waals surface area (Å²) >= 11 is 3.97. The molecule has 2 aromatic heterocycles. The molecule has 6 aromatic carbocycles. The molecule has 0 amide bonds. The van der Waals surface area contributed by atoms with Crippen molar-refractivity contribution in [3.8, 4) is 0 Å². The van der Waals surface area contributed by atoms with E-state index >= 15 is 0 Å². The van der Waals surface area contributed by atoms with Gasteiger partial charge in [0.15, 0.2) is 0 Å². The molecule has 3 heteroatoms. The molecule has 12 rings (SSSR count). The van der Waals surface area contributed by atoms with Gasteiger partial charge in [-0.2, -0.15) is 0 Å². The molecule has 58 heavy (non-hydrogen) atoms. The molecule has 2 spiro atoms. The number of nitrogens with zero attached hydrogens (tertiary/aromatic N) is 1.